The van der Waals surface area contributed by atoms with E-state index in [4.69, 9.17) is 5.73 Å². The zero-order valence-corrected chi connectivity index (χ0v) is 13.1. The van der Waals surface area contributed by atoms with E-state index in [9.17, 15) is 4.79 Å². The minimum atomic E-state index is 0.0543. The summed E-state index contributed by atoms with van der Waals surface area (Å²) in [5.74, 6) is 1.34. The summed E-state index contributed by atoms with van der Waals surface area (Å²) in [7, 11) is 0. The van der Waals surface area contributed by atoms with Gasteiger partial charge in [0, 0.05) is 17.1 Å². The molecule has 108 valence electrons. The van der Waals surface area contributed by atoms with E-state index in [1.54, 1.807) is 0 Å². The Hall–Kier alpha value is -0.870. The van der Waals surface area contributed by atoms with Crippen LogP contribution >= 0.6 is 15.9 Å². The van der Waals surface area contributed by atoms with Crippen molar-refractivity contribution < 1.29 is 4.79 Å². The standard InChI is InChI=1S/C16H21BrN2O/c17-13-5-1-10(2-6-13)7-8-19-16(20)14-11-3-4-12(9-11)15(14)18/h1-2,5-6,11-12,14-15H,3-4,7-9,18H2,(H,19,20). The Morgan fingerprint density at radius 3 is 2.60 bits per heavy atom. The van der Waals surface area contributed by atoms with Gasteiger partial charge in [-0.25, -0.2) is 0 Å². The van der Waals surface area contributed by atoms with Gasteiger partial charge in [0.25, 0.3) is 0 Å². The fourth-order valence-corrected chi connectivity index (χ4v) is 4.09. The summed E-state index contributed by atoms with van der Waals surface area (Å²) in [6.45, 7) is 0.696. The summed E-state index contributed by atoms with van der Waals surface area (Å²) in [6.07, 6.45) is 4.43. The highest BCUT2D eigenvalue weighted by Crippen LogP contribution is 2.47. The number of carbonyl (C=O) groups excluding carboxylic acids is 1. The van der Waals surface area contributed by atoms with Crippen molar-refractivity contribution >= 4 is 21.8 Å². The maximum atomic E-state index is 12.3. The Morgan fingerprint density at radius 2 is 1.95 bits per heavy atom. The van der Waals surface area contributed by atoms with Gasteiger partial charge in [-0.1, -0.05) is 28.1 Å². The van der Waals surface area contributed by atoms with Crippen molar-refractivity contribution in [2.75, 3.05) is 6.54 Å². The van der Waals surface area contributed by atoms with Crippen LogP contribution in [0.5, 0.6) is 0 Å². The molecule has 0 radical (unpaired) electrons. The molecule has 1 amide bonds. The Labute approximate surface area is 128 Å². The molecule has 2 fully saturated rings. The van der Waals surface area contributed by atoms with Crippen LogP contribution in [0.3, 0.4) is 0 Å². The first-order valence-corrected chi connectivity index (χ1v) is 8.22. The van der Waals surface area contributed by atoms with Gasteiger partial charge in [0.15, 0.2) is 0 Å². The molecular formula is C16H21BrN2O. The van der Waals surface area contributed by atoms with E-state index >= 15 is 0 Å². The summed E-state index contributed by atoms with van der Waals surface area (Å²) in [4.78, 5) is 12.3. The van der Waals surface area contributed by atoms with Gasteiger partial charge in [0.2, 0.25) is 5.91 Å². The molecule has 1 aromatic carbocycles. The number of carbonyl (C=O) groups is 1. The van der Waals surface area contributed by atoms with E-state index < -0.39 is 0 Å². The zero-order valence-electron chi connectivity index (χ0n) is 11.5. The minimum absolute atomic E-state index is 0.0543. The molecule has 4 atom stereocenters. The van der Waals surface area contributed by atoms with E-state index in [2.05, 4.69) is 33.4 Å². The molecule has 2 saturated carbocycles. The molecule has 4 heteroatoms. The number of fused-ring (bicyclic) bond motifs is 2. The third-order valence-electron chi connectivity index (χ3n) is 4.91. The molecule has 3 nitrogen and oxygen atoms in total. The lowest BCUT2D eigenvalue weighted by Crippen LogP contribution is -2.45. The number of hydrogen-bond donors (Lipinski definition) is 2. The molecule has 0 aliphatic heterocycles. The topological polar surface area (TPSA) is 55.1 Å². The van der Waals surface area contributed by atoms with Gasteiger partial charge in [-0.3, -0.25) is 4.79 Å². The lowest BCUT2D eigenvalue weighted by Gasteiger charge is -2.27. The third-order valence-corrected chi connectivity index (χ3v) is 5.44. The SMILES string of the molecule is NC1C2CCC(C2)C1C(=O)NCCc1ccc(Br)cc1. The maximum absolute atomic E-state index is 12.3. The summed E-state index contributed by atoms with van der Waals surface area (Å²) < 4.78 is 1.08. The van der Waals surface area contributed by atoms with Crippen LogP contribution in [0, 0.1) is 17.8 Å². The highest BCUT2D eigenvalue weighted by atomic mass is 79.9. The molecule has 3 N–H and O–H groups in total. The molecule has 0 heterocycles. The van der Waals surface area contributed by atoms with Gasteiger partial charge in [0.1, 0.15) is 0 Å². The monoisotopic (exact) mass is 336 g/mol. The quantitative estimate of drug-likeness (QED) is 0.887. The van der Waals surface area contributed by atoms with Gasteiger partial charge in [-0.05, 0) is 55.2 Å². The van der Waals surface area contributed by atoms with Gasteiger partial charge in [-0.15, -0.1) is 0 Å². The van der Waals surface area contributed by atoms with Gasteiger partial charge in [0.05, 0.1) is 5.92 Å². The van der Waals surface area contributed by atoms with E-state index in [-0.39, 0.29) is 17.9 Å². The number of hydrogen-bond acceptors (Lipinski definition) is 2. The highest BCUT2D eigenvalue weighted by molar-refractivity contribution is 9.10. The number of rotatable bonds is 4. The largest absolute Gasteiger partial charge is 0.355 e. The third kappa shape index (κ3) is 2.77. The van der Waals surface area contributed by atoms with Crippen molar-refractivity contribution in [3.05, 3.63) is 34.3 Å². The molecule has 2 aliphatic rings. The first-order valence-electron chi connectivity index (χ1n) is 7.43. The van der Waals surface area contributed by atoms with Crippen LogP contribution in [-0.4, -0.2) is 18.5 Å². The number of benzene rings is 1. The van der Waals surface area contributed by atoms with Crippen molar-refractivity contribution in [3.8, 4) is 0 Å². The van der Waals surface area contributed by atoms with Crippen molar-refractivity contribution in [1.29, 1.82) is 0 Å². The highest BCUT2D eigenvalue weighted by Gasteiger charge is 2.48. The molecule has 2 aliphatic carbocycles. The lowest BCUT2D eigenvalue weighted by atomic mass is 9.84. The van der Waals surface area contributed by atoms with Crippen LogP contribution in [0.1, 0.15) is 24.8 Å². The van der Waals surface area contributed by atoms with Crippen molar-refractivity contribution in [2.24, 2.45) is 23.5 Å². The average Bonchev–Trinajstić information content (AvgIpc) is 3.01. The molecule has 1 aromatic rings. The number of halogens is 1. The number of amides is 1. The smallest absolute Gasteiger partial charge is 0.224 e. The van der Waals surface area contributed by atoms with Gasteiger partial charge in [-0.2, -0.15) is 0 Å². The van der Waals surface area contributed by atoms with Crippen molar-refractivity contribution in [1.82, 2.24) is 5.32 Å². The van der Waals surface area contributed by atoms with E-state index in [0.717, 1.165) is 17.3 Å². The second-order valence-electron chi connectivity index (χ2n) is 6.10. The molecule has 0 aromatic heterocycles. The van der Waals surface area contributed by atoms with Crippen molar-refractivity contribution in [3.63, 3.8) is 0 Å². The number of nitrogens with two attached hydrogens (primary N) is 1. The Kier molecular flexibility index (Phi) is 4.13. The Balaban J connectivity index is 1.49. The summed E-state index contributed by atoms with van der Waals surface area (Å²) in [5.41, 5.74) is 7.44. The summed E-state index contributed by atoms with van der Waals surface area (Å²) >= 11 is 3.42. The summed E-state index contributed by atoms with van der Waals surface area (Å²) in [6, 6.07) is 8.31. The molecule has 4 unspecified atom stereocenters. The molecule has 2 bridgehead atoms. The van der Waals surface area contributed by atoms with E-state index in [1.165, 1.54) is 18.4 Å². The van der Waals surface area contributed by atoms with E-state index in [1.807, 2.05) is 12.1 Å². The van der Waals surface area contributed by atoms with Crippen LogP contribution in [0.15, 0.2) is 28.7 Å². The first-order chi connectivity index (χ1) is 9.65. The van der Waals surface area contributed by atoms with Crippen LogP contribution < -0.4 is 11.1 Å². The minimum Gasteiger partial charge on any atom is -0.355 e. The lowest BCUT2D eigenvalue weighted by molar-refractivity contribution is -0.127. The van der Waals surface area contributed by atoms with Gasteiger partial charge >= 0.3 is 0 Å². The second kappa shape index (κ2) is 5.86. The average molecular weight is 337 g/mol. The Morgan fingerprint density at radius 1 is 1.25 bits per heavy atom. The zero-order chi connectivity index (χ0) is 14.1. The van der Waals surface area contributed by atoms with E-state index in [0.29, 0.717) is 18.4 Å². The molecule has 20 heavy (non-hydrogen) atoms. The molecule has 3 rings (SSSR count). The van der Waals surface area contributed by atoms with Crippen molar-refractivity contribution in [2.45, 2.75) is 31.7 Å². The maximum Gasteiger partial charge on any atom is 0.224 e. The molecule has 0 saturated heterocycles. The fourth-order valence-electron chi connectivity index (χ4n) is 3.82. The first kappa shape index (κ1) is 14.1. The second-order valence-corrected chi connectivity index (χ2v) is 7.02. The fraction of sp³-hybridized carbons (Fsp3) is 0.562. The summed E-state index contributed by atoms with van der Waals surface area (Å²) in [5, 5.41) is 3.07. The predicted molar refractivity (Wildman–Crippen MR) is 83.2 cm³/mol. The number of nitrogens with one attached hydrogen (secondary N) is 1. The van der Waals surface area contributed by atoms with Crippen LogP contribution in [0.25, 0.3) is 0 Å². The van der Waals surface area contributed by atoms with Gasteiger partial charge < -0.3 is 11.1 Å². The predicted octanol–water partition coefficient (Wildman–Crippen LogP) is 2.48. The molecule has 0 spiro atoms. The molecular weight excluding hydrogens is 316 g/mol. The Bertz CT molecular complexity index is 486. The van der Waals surface area contributed by atoms with Crippen LogP contribution in [0.2, 0.25) is 0 Å². The van der Waals surface area contributed by atoms with Crippen LogP contribution in [-0.2, 0) is 11.2 Å². The van der Waals surface area contributed by atoms with Crippen LogP contribution in [0.4, 0.5) is 0 Å². The normalized spacial score (nSPS) is 31.5.